The normalized spacial score (nSPS) is 22.9. The number of methoxy groups -OCH3 is 1. The molecule has 2 atom stereocenters. The highest BCUT2D eigenvalue weighted by atomic mass is 16.5. The molecule has 1 aromatic carbocycles. The molecule has 0 aliphatic carbocycles. The predicted molar refractivity (Wildman–Crippen MR) is 65.6 cm³/mol. The van der Waals surface area contributed by atoms with E-state index >= 15 is 0 Å². The van der Waals surface area contributed by atoms with Gasteiger partial charge < -0.3 is 9.47 Å². The van der Waals surface area contributed by atoms with E-state index in [0.717, 1.165) is 17.5 Å². The van der Waals surface area contributed by atoms with Crippen LogP contribution in [-0.4, -0.2) is 19.2 Å². The number of ether oxygens (including phenoxy) is 2. The largest absolute Gasteiger partial charge is 0.496 e. The van der Waals surface area contributed by atoms with Crippen LogP contribution in [0, 0.1) is 6.92 Å². The van der Waals surface area contributed by atoms with Gasteiger partial charge in [0, 0.05) is 5.92 Å². The van der Waals surface area contributed by atoms with Crippen LogP contribution in [0.4, 0.5) is 0 Å². The van der Waals surface area contributed by atoms with Gasteiger partial charge in [0.15, 0.2) is 0 Å². The Hall–Kier alpha value is -1.51. The van der Waals surface area contributed by atoms with Crippen molar-refractivity contribution in [3.05, 3.63) is 28.8 Å². The van der Waals surface area contributed by atoms with Crippen LogP contribution in [0.1, 0.15) is 47.7 Å². The van der Waals surface area contributed by atoms with Crippen molar-refractivity contribution in [3.8, 4) is 5.75 Å². The fourth-order valence-electron chi connectivity index (χ4n) is 2.60. The monoisotopic (exact) mass is 234 g/mol. The van der Waals surface area contributed by atoms with Crippen molar-refractivity contribution in [2.75, 3.05) is 7.11 Å². The van der Waals surface area contributed by atoms with Crippen molar-refractivity contribution in [1.29, 1.82) is 0 Å². The summed E-state index contributed by atoms with van der Waals surface area (Å²) in [6.07, 6.45) is 0.889. The molecule has 0 unspecified atom stereocenters. The van der Waals surface area contributed by atoms with Crippen molar-refractivity contribution >= 4 is 5.97 Å². The number of hydrogen-bond acceptors (Lipinski definition) is 3. The molecule has 92 valence electrons. The Morgan fingerprint density at radius 2 is 2.12 bits per heavy atom. The van der Waals surface area contributed by atoms with E-state index in [0.29, 0.717) is 11.3 Å². The third kappa shape index (κ3) is 1.79. The number of fused-ring (bicyclic) bond motifs is 1. The quantitative estimate of drug-likeness (QED) is 0.738. The maximum atomic E-state index is 12.0. The van der Waals surface area contributed by atoms with Gasteiger partial charge in [-0.3, -0.25) is 0 Å². The maximum absolute atomic E-state index is 12.0. The van der Waals surface area contributed by atoms with Crippen LogP contribution in [0.25, 0.3) is 0 Å². The first-order chi connectivity index (χ1) is 8.10. The summed E-state index contributed by atoms with van der Waals surface area (Å²) in [6.45, 7) is 5.99. The minimum atomic E-state index is -0.266. The number of hydrogen-bond donors (Lipinski definition) is 0. The molecular formula is C14H18O3. The number of benzene rings is 1. The Balaban J connectivity index is 2.64. The van der Waals surface area contributed by atoms with E-state index in [1.807, 2.05) is 26.0 Å². The number of esters is 1. The van der Waals surface area contributed by atoms with Gasteiger partial charge in [-0.25, -0.2) is 4.79 Å². The van der Waals surface area contributed by atoms with Crippen LogP contribution in [0.5, 0.6) is 5.75 Å². The molecule has 0 radical (unpaired) electrons. The second-order valence-electron chi connectivity index (χ2n) is 4.51. The summed E-state index contributed by atoms with van der Waals surface area (Å²) in [5.41, 5.74) is 2.63. The average molecular weight is 234 g/mol. The van der Waals surface area contributed by atoms with Crippen molar-refractivity contribution < 1.29 is 14.3 Å². The van der Waals surface area contributed by atoms with Gasteiger partial charge in [-0.05, 0) is 31.4 Å². The third-order valence-electron chi connectivity index (χ3n) is 3.49. The molecule has 1 aromatic rings. The van der Waals surface area contributed by atoms with Crippen molar-refractivity contribution in [3.63, 3.8) is 0 Å². The summed E-state index contributed by atoms with van der Waals surface area (Å²) in [7, 11) is 1.59. The lowest BCUT2D eigenvalue weighted by atomic mass is 9.85. The molecule has 1 aliphatic rings. The van der Waals surface area contributed by atoms with E-state index in [4.69, 9.17) is 9.47 Å². The number of aryl methyl sites for hydroxylation is 1. The van der Waals surface area contributed by atoms with E-state index < -0.39 is 0 Å². The predicted octanol–water partition coefficient (Wildman–Crippen LogP) is 3.06. The lowest BCUT2D eigenvalue weighted by Crippen LogP contribution is -2.30. The number of carbonyl (C=O) groups excluding carboxylic acids is 1. The topological polar surface area (TPSA) is 35.5 Å². The van der Waals surface area contributed by atoms with Gasteiger partial charge in [0.2, 0.25) is 0 Å². The first kappa shape index (κ1) is 12.0. The van der Waals surface area contributed by atoms with E-state index in [1.54, 1.807) is 7.11 Å². The molecule has 17 heavy (non-hydrogen) atoms. The first-order valence-electron chi connectivity index (χ1n) is 5.98. The molecule has 0 saturated carbocycles. The van der Waals surface area contributed by atoms with E-state index in [9.17, 15) is 4.79 Å². The van der Waals surface area contributed by atoms with Crippen LogP contribution in [0.2, 0.25) is 0 Å². The Bertz CT molecular complexity index is 451. The Labute approximate surface area is 102 Å². The number of cyclic esters (lactones) is 1. The Kier molecular flexibility index (Phi) is 3.09. The lowest BCUT2D eigenvalue weighted by molar-refractivity contribution is 0.0216. The molecule has 2 rings (SSSR count). The molecule has 1 heterocycles. The van der Waals surface area contributed by atoms with E-state index in [1.165, 1.54) is 0 Å². The molecule has 0 N–H and O–H groups in total. The zero-order valence-corrected chi connectivity index (χ0v) is 10.7. The van der Waals surface area contributed by atoms with Crippen LogP contribution in [0.15, 0.2) is 12.1 Å². The van der Waals surface area contributed by atoms with E-state index in [-0.39, 0.29) is 18.0 Å². The SMILES string of the molecule is CC[C@H]1c2ccc(C)c(OC)c2C(=O)O[C@@H]1C. The van der Waals surface area contributed by atoms with Crippen molar-refractivity contribution in [2.45, 2.75) is 39.2 Å². The van der Waals surface area contributed by atoms with Gasteiger partial charge in [0.25, 0.3) is 0 Å². The molecule has 0 aromatic heterocycles. The van der Waals surface area contributed by atoms with Gasteiger partial charge in [-0.1, -0.05) is 19.1 Å². The summed E-state index contributed by atoms with van der Waals surface area (Å²) in [5, 5.41) is 0. The Morgan fingerprint density at radius 3 is 2.71 bits per heavy atom. The van der Waals surface area contributed by atoms with Gasteiger partial charge in [0.05, 0.1) is 7.11 Å². The van der Waals surface area contributed by atoms with Crippen LogP contribution >= 0.6 is 0 Å². The summed E-state index contributed by atoms with van der Waals surface area (Å²) in [5.74, 6) is 0.646. The van der Waals surface area contributed by atoms with Gasteiger partial charge in [-0.2, -0.15) is 0 Å². The zero-order valence-electron chi connectivity index (χ0n) is 10.7. The van der Waals surface area contributed by atoms with E-state index in [2.05, 4.69) is 6.92 Å². The molecule has 0 saturated heterocycles. The van der Waals surface area contributed by atoms with Gasteiger partial charge in [-0.15, -0.1) is 0 Å². The molecule has 0 amide bonds. The first-order valence-corrected chi connectivity index (χ1v) is 5.98. The van der Waals surface area contributed by atoms with Crippen molar-refractivity contribution in [2.24, 2.45) is 0 Å². The van der Waals surface area contributed by atoms with Gasteiger partial charge >= 0.3 is 5.97 Å². The third-order valence-corrected chi connectivity index (χ3v) is 3.49. The fraction of sp³-hybridized carbons (Fsp3) is 0.500. The smallest absolute Gasteiger partial charge is 0.342 e. The fourth-order valence-corrected chi connectivity index (χ4v) is 2.60. The molecule has 3 heteroatoms. The molecule has 1 aliphatic heterocycles. The minimum Gasteiger partial charge on any atom is -0.496 e. The molecule has 0 bridgehead atoms. The van der Waals surface area contributed by atoms with Crippen LogP contribution in [-0.2, 0) is 4.74 Å². The molecule has 0 spiro atoms. The highest BCUT2D eigenvalue weighted by Gasteiger charge is 2.34. The highest BCUT2D eigenvalue weighted by molar-refractivity contribution is 5.96. The molecular weight excluding hydrogens is 216 g/mol. The highest BCUT2D eigenvalue weighted by Crippen LogP contribution is 2.39. The van der Waals surface area contributed by atoms with Crippen LogP contribution < -0.4 is 4.74 Å². The standard InChI is InChI=1S/C14H18O3/c1-5-10-9(3)17-14(15)12-11(10)7-6-8(2)13(12)16-4/h6-7,9-10H,5H2,1-4H3/t9-,10-/m1/s1. The summed E-state index contributed by atoms with van der Waals surface area (Å²) < 4.78 is 10.7. The Morgan fingerprint density at radius 1 is 1.41 bits per heavy atom. The molecule has 3 nitrogen and oxygen atoms in total. The van der Waals surface area contributed by atoms with Gasteiger partial charge in [0.1, 0.15) is 17.4 Å². The molecule has 0 fully saturated rings. The lowest BCUT2D eigenvalue weighted by Gasteiger charge is -2.31. The zero-order chi connectivity index (χ0) is 12.6. The summed E-state index contributed by atoms with van der Waals surface area (Å²) in [4.78, 5) is 12.0. The second kappa shape index (κ2) is 4.40. The maximum Gasteiger partial charge on any atom is 0.342 e. The number of rotatable bonds is 2. The van der Waals surface area contributed by atoms with Crippen molar-refractivity contribution in [1.82, 2.24) is 0 Å². The average Bonchev–Trinajstić information content (AvgIpc) is 2.30. The summed E-state index contributed by atoms with van der Waals surface area (Å²) >= 11 is 0. The second-order valence-corrected chi connectivity index (χ2v) is 4.51. The van der Waals surface area contributed by atoms with Crippen LogP contribution in [0.3, 0.4) is 0 Å². The summed E-state index contributed by atoms with van der Waals surface area (Å²) in [6, 6.07) is 4.03. The number of carbonyl (C=O) groups is 1. The minimum absolute atomic E-state index is 0.0626.